The minimum atomic E-state index is -0.113. The summed E-state index contributed by atoms with van der Waals surface area (Å²) in [4.78, 5) is 15.1. The van der Waals surface area contributed by atoms with Gasteiger partial charge in [-0.25, -0.2) is 4.79 Å². The fourth-order valence-corrected chi connectivity index (χ4v) is 2.60. The van der Waals surface area contributed by atoms with Crippen LogP contribution >= 0.6 is 22.9 Å². The van der Waals surface area contributed by atoms with Gasteiger partial charge in [0.2, 0.25) is 0 Å². The third-order valence-electron chi connectivity index (χ3n) is 2.67. The van der Waals surface area contributed by atoms with E-state index in [2.05, 4.69) is 5.32 Å². The van der Waals surface area contributed by atoms with Gasteiger partial charge < -0.3 is 10.2 Å². The Bertz CT molecular complexity index is 542. The summed E-state index contributed by atoms with van der Waals surface area (Å²) in [7, 11) is 0. The van der Waals surface area contributed by atoms with Gasteiger partial charge in [-0.2, -0.15) is 0 Å². The zero-order chi connectivity index (χ0) is 13.7. The molecule has 2 aromatic rings. The largest absolute Gasteiger partial charge is 0.322 e. The zero-order valence-electron chi connectivity index (χ0n) is 10.6. The predicted octanol–water partition coefficient (Wildman–Crippen LogP) is 4.46. The van der Waals surface area contributed by atoms with Crippen molar-refractivity contribution in [1.82, 2.24) is 4.90 Å². The third kappa shape index (κ3) is 3.98. The molecular formula is C14H15ClN2OS. The second-order valence-electron chi connectivity index (χ2n) is 4.03. The fourth-order valence-electron chi connectivity index (χ4n) is 1.69. The Labute approximate surface area is 121 Å². The van der Waals surface area contributed by atoms with E-state index in [1.54, 1.807) is 28.4 Å². The predicted molar refractivity (Wildman–Crippen MR) is 80.9 cm³/mol. The van der Waals surface area contributed by atoms with Crippen LogP contribution in [0.4, 0.5) is 10.5 Å². The van der Waals surface area contributed by atoms with Gasteiger partial charge in [0, 0.05) is 22.1 Å². The van der Waals surface area contributed by atoms with Crippen LogP contribution in [-0.2, 0) is 6.54 Å². The Kier molecular flexibility index (Phi) is 4.82. The summed E-state index contributed by atoms with van der Waals surface area (Å²) >= 11 is 7.54. The lowest BCUT2D eigenvalue weighted by molar-refractivity contribution is 0.212. The molecule has 2 rings (SSSR count). The molecule has 0 bridgehead atoms. The Morgan fingerprint density at radius 2 is 2.21 bits per heavy atom. The van der Waals surface area contributed by atoms with E-state index in [0.717, 1.165) is 0 Å². The van der Waals surface area contributed by atoms with Gasteiger partial charge in [0.1, 0.15) is 0 Å². The lowest BCUT2D eigenvalue weighted by Gasteiger charge is -2.20. The number of halogens is 1. The average molecular weight is 295 g/mol. The van der Waals surface area contributed by atoms with E-state index in [0.29, 0.717) is 23.8 Å². The van der Waals surface area contributed by atoms with Crippen LogP contribution in [0.25, 0.3) is 0 Å². The molecule has 1 aromatic heterocycles. The number of thiophene rings is 1. The Balaban J connectivity index is 2.00. The molecule has 1 heterocycles. The number of carbonyl (C=O) groups is 1. The molecule has 0 saturated carbocycles. The molecule has 0 radical (unpaired) electrons. The van der Waals surface area contributed by atoms with Gasteiger partial charge in [-0.3, -0.25) is 0 Å². The van der Waals surface area contributed by atoms with Gasteiger partial charge in [0.15, 0.2) is 0 Å². The van der Waals surface area contributed by atoms with Crippen molar-refractivity contribution >= 4 is 34.7 Å². The van der Waals surface area contributed by atoms with Gasteiger partial charge >= 0.3 is 6.03 Å². The van der Waals surface area contributed by atoms with E-state index < -0.39 is 0 Å². The second-order valence-corrected chi connectivity index (χ2v) is 5.50. The van der Waals surface area contributed by atoms with Crippen molar-refractivity contribution in [1.29, 1.82) is 0 Å². The lowest BCUT2D eigenvalue weighted by atomic mass is 10.3. The van der Waals surface area contributed by atoms with Crippen molar-refractivity contribution in [2.24, 2.45) is 0 Å². The number of rotatable bonds is 4. The maximum atomic E-state index is 12.2. The standard InChI is InChI=1S/C14H15ClN2OS/c1-2-17(10-13-7-4-8-19-13)14(18)16-12-6-3-5-11(15)9-12/h3-9H,2,10H2,1H3,(H,16,18). The molecule has 100 valence electrons. The average Bonchev–Trinajstić information content (AvgIpc) is 2.88. The lowest BCUT2D eigenvalue weighted by Crippen LogP contribution is -2.34. The number of benzene rings is 1. The first-order valence-electron chi connectivity index (χ1n) is 6.03. The molecule has 3 nitrogen and oxygen atoms in total. The summed E-state index contributed by atoms with van der Waals surface area (Å²) in [6.07, 6.45) is 0. The van der Waals surface area contributed by atoms with Crippen molar-refractivity contribution in [3.63, 3.8) is 0 Å². The maximum Gasteiger partial charge on any atom is 0.322 e. The third-order valence-corrected chi connectivity index (χ3v) is 3.77. The van der Waals surface area contributed by atoms with E-state index in [-0.39, 0.29) is 6.03 Å². The molecule has 0 aliphatic carbocycles. The minimum Gasteiger partial charge on any atom is -0.320 e. The van der Waals surface area contributed by atoms with E-state index in [9.17, 15) is 4.79 Å². The zero-order valence-corrected chi connectivity index (χ0v) is 12.2. The van der Waals surface area contributed by atoms with Crippen molar-refractivity contribution in [3.05, 3.63) is 51.7 Å². The first-order valence-corrected chi connectivity index (χ1v) is 7.28. The van der Waals surface area contributed by atoms with E-state index in [1.807, 2.05) is 36.6 Å². The Morgan fingerprint density at radius 1 is 1.37 bits per heavy atom. The monoisotopic (exact) mass is 294 g/mol. The van der Waals surface area contributed by atoms with Crippen LogP contribution in [0.2, 0.25) is 5.02 Å². The van der Waals surface area contributed by atoms with Gasteiger partial charge in [0.25, 0.3) is 0 Å². The summed E-state index contributed by atoms with van der Waals surface area (Å²) in [5.41, 5.74) is 0.710. The molecule has 0 aliphatic rings. The van der Waals surface area contributed by atoms with Gasteiger partial charge in [-0.1, -0.05) is 23.7 Å². The highest BCUT2D eigenvalue weighted by Crippen LogP contribution is 2.17. The quantitative estimate of drug-likeness (QED) is 0.887. The fraction of sp³-hybridized carbons (Fsp3) is 0.214. The summed E-state index contributed by atoms with van der Waals surface area (Å²) < 4.78 is 0. The molecule has 5 heteroatoms. The number of urea groups is 1. The van der Waals surface area contributed by atoms with Crippen LogP contribution in [0.1, 0.15) is 11.8 Å². The summed E-state index contributed by atoms with van der Waals surface area (Å²) in [5, 5.41) is 5.48. The number of hydrogen-bond donors (Lipinski definition) is 1. The van der Waals surface area contributed by atoms with Gasteiger partial charge in [-0.05, 0) is 36.6 Å². The van der Waals surface area contributed by atoms with Crippen LogP contribution in [0.5, 0.6) is 0 Å². The van der Waals surface area contributed by atoms with Gasteiger partial charge in [0.05, 0.1) is 6.54 Å². The van der Waals surface area contributed by atoms with Crippen LogP contribution in [0.15, 0.2) is 41.8 Å². The van der Waals surface area contributed by atoms with Crippen LogP contribution in [-0.4, -0.2) is 17.5 Å². The Morgan fingerprint density at radius 3 is 2.84 bits per heavy atom. The van der Waals surface area contributed by atoms with Crippen LogP contribution < -0.4 is 5.32 Å². The first-order chi connectivity index (χ1) is 9.19. The molecule has 2 amide bonds. The SMILES string of the molecule is CCN(Cc1cccs1)C(=O)Nc1cccc(Cl)c1. The minimum absolute atomic E-state index is 0.113. The summed E-state index contributed by atoms with van der Waals surface area (Å²) in [5.74, 6) is 0. The van der Waals surface area contributed by atoms with Crippen molar-refractivity contribution in [2.45, 2.75) is 13.5 Å². The number of nitrogens with one attached hydrogen (secondary N) is 1. The van der Waals surface area contributed by atoms with E-state index in [1.165, 1.54) is 4.88 Å². The van der Waals surface area contributed by atoms with Crippen LogP contribution in [0.3, 0.4) is 0 Å². The summed E-state index contributed by atoms with van der Waals surface area (Å²) in [6, 6.07) is 11.1. The molecule has 0 unspecified atom stereocenters. The number of anilines is 1. The van der Waals surface area contributed by atoms with Crippen LogP contribution in [0, 0.1) is 0 Å². The highest BCUT2D eigenvalue weighted by Gasteiger charge is 2.12. The normalized spacial score (nSPS) is 10.2. The molecule has 0 aliphatic heterocycles. The Hall–Kier alpha value is -1.52. The van der Waals surface area contributed by atoms with Gasteiger partial charge in [-0.15, -0.1) is 11.3 Å². The van der Waals surface area contributed by atoms with E-state index >= 15 is 0 Å². The number of nitrogens with zero attached hydrogens (tertiary/aromatic N) is 1. The molecule has 19 heavy (non-hydrogen) atoms. The molecule has 1 aromatic carbocycles. The first kappa shape index (κ1) is 13.9. The maximum absolute atomic E-state index is 12.2. The second kappa shape index (κ2) is 6.59. The highest BCUT2D eigenvalue weighted by atomic mass is 35.5. The number of carbonyl (C=O) groups excluding carboxylic acids is 1. The number of amides is 2. The molecular weight excluding hydrogens is 280 g/mol. The molecule has 0 spiro atoms. The molecule has 0 fully saturated rings. The van der Waals surface area contributed by atoms with E-state index in [4.69, 9.17) is 11.6 Å². The number of hydrogen-bond acceptors (Lipinski definition) is 2. The summed E-state index contributed by atoms with van der Waals surface area (Å²) in [6.45, 7) is 3.25. The molecule has 0 saturated heterocycles. The van der Waals surface area contributed by atoms with Crippen molar-refractivity contribution in [2.75, 3.05) is 11.9 Å². The highest BCUT2D eigenvalue weighted by molar-refractivity contribution is 7.09. The smallest absolute Gasteiger partial charge is 0.320 e. The van der Waals surface area contributed by atoms with Crippen molar-refractivity contribution in [3.8, 4) is 0 Å². The molecule has 0 atom stereocenters. The molecule has 1 N–H and O–H groups in total. The van der Waals surface area contributed by atoms with Crippen molar-refractivity contribution < 1.29 is 4.79 Å². The topological polar surface area (TPSA) is 32.3 Å².